The van der Waals surface area contributed by atoms with Crippen LogP contribution in [0.5, 0.6) is 5.75 Å². The van der Waals surface area contributed by atoms with Gasteiger partial charge in [-0.1, -0.05) is 12.1 Å². The maximum absolute atomic E-state index is 14.0. The minimum atomic E-state index is -0.464. The van der Waals surface area contributed by atoms with Gasteiger partial charge in [-0.3, -0.25) is 9.36 Å². The van der Waals surface area contributed by atoms with Gasteiger partial charge in [0.05, 0.1) is 25.7 Å². The van der Waals surface area contributed by atoms with E-state index in [0.717, 1.165) is 0 Å². The van der Waals surface area contributed by atoms with Crippen LogP contribution in [0.25, 0.3) is 0 Å². The van der Waals surface area contributed by atoms with E-state index in [4.69, 9.17) is 4.74 Å². The lowest BCUT2D eigenvalue weighted by atomic mass is 10.2. The molecule has 0 saturated carbocycles. The zero-order chi connectivity index (χ0) is 14.0. The highest BCUT2D eigenvalue weighted by Crippen LogP contribution is 2.20. The van der Waals surface area contributed by atoms with Crippen LogP contribution in [0.4, 0.5) is 4.39 Å². The van der Waals surface area contributed by atoms with Gasteiger partial charge in [0.2, 0.25) is 0 Å². The van der Waals surface area contributed by atoms with E-state index in [9.17, 15) is 9.18 Å². The average Bonchev–Trinajstić information content (AvgIpc) is 2.41. The van der Waals surface area contributed by atoms with E-state index in [-0.39, 0.29) is 17.9 Å². The zero-order valence-electron chi connectivity index (χ0n) is 10.5. The number of hydrogen-bond donors (Lipinski definition) is 0. The maximum Gasteiger partial charge on any atom is 0.268 e. The van der Waals surface area contributed by atoms with Crippen molar-refractivity contribution in [2.75, 3.05) is 7.11 Å². The molecule has 2 rings (SSSR count). The van der Waals surface area contributed by atoms with Crippen molar-refractivity contribution in [2.45, 2.75) is 13.5 Å². The van der Waals surface area contributed by atoms with Crippen molar-refractivity contribution in [2.24, 2.45) is 0 Å². The second-order valence-corrected chi connectivity index (χ2v) is 4.80. The molecule has 1 aromatic carbocycles. The van der Waals surface area contributed by atoms with Crippen molar-refractivity contribution < 1.29 is 9.13 Å². The van der Waals surface area contributed by atoms with Crippen molar-refractivity contribution in [3.63, 3.8) is 0 Å². The fourth-order valence-electron chi connectivity index (χ4n) is 1.68. The summed E-state index contributed by atoms with van der Waals surface area (Å²) in [6.45, 7) is 1.83. The fourth-order valence-corrected chi connectivity index (χ4v) is 2.01. The van der Waals surface area contributed by atoms with E-state index in [1.54, 1.807) is 19.1 Å². The average molecular weight is 327 g/mol. The van der Waals surface area contributed by atoms with Gasteiger partial charge in [-0.15, -0.1) is 0 Å². The van der Waals surface area contributed by atoms with E-state index in [2.05, 4.69) is 20.9 Å². The Morgan fingerprint density at radius 1 is 1.47 bits per heavy atom. The van der Waals surface area contributed by atoms with Gasteiger partial charge < -0.3 is 4.74 Å². The normalized spacial score (nSPS) is 10.5. The predicted molar refractivity (Wildman–Crippen MR) is 73.0 cm³/mol. The SMILES string of the molecule is COc1cccc(Cn2cnc(C)c(Br)c2=O)c1F. The molecule has 1 heterocycles. The molecule has 0 fully saturated rings. The van der Waals surface area contributed by atoms with Crippen LogP contribution in [0.1, 0.15) is 11.3 Å². The molecular weight excluding hydrogens is 315 g/mol. The molecular formula is C13H12BrFN2O2. The monoisotopic (exact) mass is 326 g/mol. The lowest BCUT2D eigenvalue weighted by Crippen LogP contribution is -2.23. The number of aryl methyl sites for hydroxylation is 1. The number of rotatable bonds is 3. The van der Waals surface area contributed by atoms with Gasteiger partial charge in [0.1, 0.15) is 4.47 Å². The number of methoxy groups -OCH3 is 1. The molecule has 1 aromatic heterocycles. The molecule has 100 valence electrons. The zero-order valence-corrected chi connectivity index (χ0v) is 12.1. The van der Waals surface area contributed by atoms with Crippen LogP contribution in [0.15, 0.2) is 33.8 Å². The van der Waals surface area contributed by atoms with E-state index >= 15 is 0 Å². The third kappa shape index (κ3) is 2.68. The first-order valence-corrected chi connectivity index (χ1v) is 6.36. The highest BCUT2D eigenvalue weighted by molar-refractivity contribution is 9.10. The lowest BCUT2D eigenvalue weighted by molar-refractivity contribution is 0.383. The fraction of sp³-hybridized carbons (Fsp3) is 0.231. The molecule has 0 atom stereocenters. The lowest BCUT2D eigenvalue weighted by Gasteiger charge is -2.10. The summed E-state index contributed by atoms with van der Waals surface area (Å²) in [4.78, 5) is 16.1. The molecule has 0 aliphatic heterocycles. The van der Waals surface area contributed by atoms with Crippen molar-refractivity contribution in [1.29, 1.82) is 0 Å². The molecule has 0 N–H and O–H groups in total. The van der Waals surface area contributed by atoms with Crippen molar-refractivity contribution >= 4 is 15.9 Å². The second-order valence-electron chi connectivity index (χ2n) is 4.01. The Labute approximate surface area is 118 Å². The molecule has 0 saturated heterocycles. The van der Waals surface area contributed by atoms with Crippen molar-refractivity contribution in [1.82, 2.24) is 9.55 Å². The minimum Gasteiger partial charge on any atom is -0.494 e. The quantitative estimate of drug-likeness (QED) is 0.870. The summed E-state index contributed by atoms with van der Waals surface area (Å²) in [7, 11) is 1.40. The van der Waals surface area contributed by atoms with E-state index < -0.39 is 5.82 Å². The summed E-state index contributed by atoms with van der Waals surface area (Å²) in [6.07, 6.45) is 1.40. The smallest absolute Gasteiger partial charge is 0.268 e. The Kier molecular flexibility index (Phi) is 3.99. The van der Waals surface area contributed by atoms with E-state index in [0.29, 0.717) is 15.7 Å². The summed E-state index contributed by atoms with van der Waals surface area (Å²) >= 11 is 3.18. The Balaban J connectivity index is 2.43. The van der Waals surface area contributed by atoms with Gasteiger partial charge in [-0.2, -0.15) is 0 Å². The molecule has 0 aliphatic rings. The largest absolute Gasteiger partial charge is 0.494 e. The molecule has 0 aliphatic carbocycles. The van der Waals surface area contributed by atoms with E-state index in [1.807, 2.05) is 0 Å². The van der Waals surface area contributed by atoms with Gasteiger partial charge >= 0.3 is 0 Å². The number of aromatic nitrogens is 2. The Bertz CT molecular complexity index is 670. The molecule has 0 spiro atoms. The highest BCUT2D eigenvalue weighted by atomic mass is 79.9. The summed E-state index contributed by atoms with van der Waals surface area (Å²) in [6, 6.07) is 4.82. The van der Waals surface area contributed by atoms with Crippen LogP contribution in [0.2, 0.25) is 0 Å². The number of halogens is 2. The predicted octanol–water partition coefficient (Wildman–Crippen LogP) is 2.51. The molecule has 4 nitrogen and oxygen atoms in total. The molecule has 0 bridgehead atoms. The van der Waals surface area contributed by atoms with Crippen molar-refractivity contribution in [3.8, 4) is 5.75 Å². The van der Waals surface area contributed by atoms with Crippen LogP contribution in [0, 0.1) is 12.7 Å². The topological polar surface area (TPSA) is 44.1 Å². The highest BCUT2D eigenvalue weighted by Gasteiger charge is 2.11. The number of benzene rings is 1. The Hall–Kier alpha value is -1.69. The first kappa shape index (κ1) is 13.7. The minimum absolute atomic E-state index is 0.105. The maximum atomic E-state index is 14.0. The van der Waals surface area contributed by atoms with Gasteiger partial charge in [0.15, 0.2) is 11.6 Å². The van der Waals surface area contributed by atoms with Crippen LogP contribution < -0.4 is 10.3 Å². The van der Waals surface area contributed by atoms with Crippen LogP contribution in [-0.4, -0.2) is 16.7 Å². The molecule has 6 heteroatoms. The summed E-state index contributed by atoms with van der Waals surface area (Å²) < 4.78 is 20.6. The van der Waals surface area contributed by atoms with Crippen LogP contribution in [0.3, 0.4) is 0 Å². The van der Waals surface area contributed by atoms with Gasteiger partial charge in [0.25, 0.3) is 5.56 Å². The summed E-state index contributed by atoms with van der Waals surface area (Å²) in [5.41, 5.74) is 0.737. The van der Waals surface area contributed by atoms with Gasteiger partial charge in [0, 0.05) is 5.56 Å². The third-order valence-corrected chi connectivity index (χ3v) is 3.67. The summed E-state index contributed by atoms with van der Waals surface area (Å²) in [5.74, 6) is -0.307. The second kappa shape index (κ2) is 5.52. The molecule has 0 radical (unpaired) electrons. The molecule has 0 unspecified atom stereocenters. The molecule has 2 aromatic rings. The van der Waals surface area contributed by atoms with Gasteiger partial charge in [-0.25, -0.2) is 9.37 Å². The first-order valence-electron chi connectivity index (χ1n) is 5.57. The number of nitrogens with zero attached hydrogens (tertiary/aromatic N) is 2. The Morgan fingerprint density at radius 3 is 2.89 bits per heavy atom. The number of ether oxygens (including phenoxy) is 1. The molecule has 0 amide bonds. The first-order chi connectivity index (χ1) is 9.04. The van der Waals surface area contributed by atoms with Gasteiger partial charge in [-0.05, 0) is 28.9 Å². The van der Waals surface area contributed by atoms with Crippen LogP contribution >= 0.6 is 15.9 Å². The Morgan fingerprint density at radius 2 is 2.21 bits per heavy atom. The van der Waals surface area contributed by atoms with Crippen LogP contribution in [-0.2, 0) is 6.54 Å². The van der Waals surface area contributed by atoms with Crippen molar-refractivity contribution in [3.05, 3.63) is 56.4 Å². The summed E-state index contributed by atoms with van der Waals surface area (Å²) in [5, 5.41) is 0. The molecule has 19 heavy (non-hydrogen) atoms. The third-order valence-electron chi connectivity index (χ3n) is 2.76. The standard InChI is InChI=1S/C13H12BrFN2O2/c1-8-11(14)13(18)17(7-16-8)6-9-4-3-5-10(19-2)12(9)15/h3-5,7H,6H2,1-2H3. The van der Waals surface area contributed by atoms with E-state index in [1.165, 1.54) is 24.1 Å². The number of hydrogen-bond acceptors (Lipinski definition) is 3.